The largest absolute Gasteiger partial charge is 0.480 e. The number of hydrogen-bond donors (Lipinski definition) is 6. The van der Waals surface area contributed by atoms with Crippen molar-refractivity contribution in [3.8, 4) is 0 Å². The van der Waals surface area contributed by atoms with Gasteiger partial charge in [0.15, 0.2) is 6.04 Å². The van der Waals surface area contributed by atoms with Crippen LogP contribution in [0.4, 0.5) is 0 Å². The number of carbonyl (C=O) groups excluding carboxylic acids is 3. The molecular weight excluding hydrogens is 332 g/mol. The molecule has 0 aliphatic rings. The molecule has 3 amide bonds. The van der Waals surface area contributed by atoms with E-state index >= 15 is 0 Å². The van der Waals surface area contributed by atoms with Crippen molar-refractivity contribution >= 4 is 23.7 Å². The first kappa shape index (κ1) is 22.8. The van der Waals surface area contributed by atoms with E-state index in [0.29, 0.717) is 6.42 Å². The Hall–Kier alpha value is -2.20. The van der Waals surface area contributed by atoms with Crippen LogP contribution in [0.5, 0.6) is 0 Å². The van der Waals surface area contributed by atoms with Gasteiger partial charge in [-0.05, 0) is 19.8 Å². The molecule has 0 fully saturated rings. The lowest BCUT2D eigenvalue weighted by Crippen LogP contribution is -2.58. The van der Waals surface area contributed by atoms with E-state index < -0.39 is 47.9 Å². The summed E-state index contributed by atoms with van der Waals surface area (Å²) in [6.45, 7) is 5.91. The zero-order valence-corrected chi connectivity index (χ0v) is 14.9. The van der Waals surface area contributed by atoms with Crippen molar-refractivity contribution in [1.82, 2.24) is 16.0 Å². The van der Waals surface area contributed by atoms with Crippen LogP contribution >= 0.6 is 0 Å². The van der Waals surface area contributed by atoms with Crippen molar-refractivity contribution < 1.29 is 29.4 Å². The number of nitrogens with two attached hydrogens (primary N) is 1. The second-order valence-electron chi connectivity index (χ2n) is 5.93. The number of carboxylic acid groups (broad SMARTS) is 1. The summed E-state index contributed by atoms with van der Waals surface area (Å²) in [5.74, 6) is -3.54. The van der Waals surface area contributed by atoms with Gasteiger partial charge in [-0.15, -0.1) is 0 Å². The molecule has 25 heavy (non-hydrogen) atoms. The van der Waals surface area contributed by atoms with E-state index in [1.165, 1.54) is 13.8 Å². The standard InChI is InChI=1S/C15H28N4O6/c1-5-7(2)11(14(23)19-12(9(4)20)15(24)25)18-13(22)8(3)17-10(21)6-16/h7-9,11-12,20H,5-6,16H2,1-4H3,(H,17,21)(H,18,22)(H,19,23)(H,24,25). The topological polar surface area (TPSA) is 171 Å². The number of nitrogens with one attached hydrogen (secondary N) is 3. The van der Waals surface area contributed by atoms with Crippen LogP contribution < -0.4 is 21.7 Å². The van der Waals surface area contributed by atoms with Gasteiger partial charge in [-0.1, -0.05) is 20.3 Å². The molecule has 0 aromatic rings. The van der Waals surface area contributed by atoms with Crippen LogP contribution in [0.2, 0.25) is 0 Å². The summed E-state index contributed by atoms with van der Waals surface area (Å²) < 4.78 is 0. The Morgan fingerprint density at radius 3 is 1.88 bits per heavy atom. The monoisotopic (exact) mass is 360 g/mol. The number of rotatable bonds is 10. The lowest BCUT2D eigenvalue weighted by atomic mass is 9.97. The summed E-state index contributed by atoms with van der Waals surface area (Å²) in [7, 11) is 0. The third-order valence-electron chi connectivity index (χ3n) is 3.80. The van der Waals surface area contributed by atoms with E-state index in [0.717, 1.165) is 0 Å². The molecule has 0 saturated carbocycles. The normalized spacial score (nSPS) is 16.7. The fourth-order valence-corrected chi connectivity index (χ4v) is 1.98. The van der Waals surface area contributed by atoms with Crippen LogP contribution in [0.1, 0.15) is 34.1 Å². The summed E-state index contributed by atoms with van der Waals surface area (Å²) >= 11 is 0. The highest BCUT2D eigenvalue weighted by Gasteiger charge is 2.32. The predicted molar refractivity (Wildman–Crippen MR) is 89.3 cm³/mol. The van der Waals surface area contributed by atoms with Gasteiger partial charge in [-0.25, -0.2) is 4.79 Å². The molecule has 0 aliphatic carbocycles. The van der Waals surface area contributed by atoms with Crippen LogP contribution in [0, 0.1) is 5.92 Å². The molecule has 7 N–H and O–H groups in total. The van der Waals surface area contributed by atoms with Crippen LogP contribution in [-0.2, 0) is 19.2 Å². The Morgan fingerprint density at radius 1 is 0.960 bits per heavy atom. The van der Waals surface area contributed by atoms with Gasteiger partial charge in [-0.3, -0.25) is 14.4 Å². The Bertz CT molecular complexity index is 496. The molecule has 0 aromatic carbocycles. The average molecular weight is 360 g/mol. The van der Waals surface area contributed by atoms with Gasteiger partial charge < -0.3 is 31.9 Å². The van der Waals surface area contributed by atoms with E-state index in [9.17, 15) is 24.3 Å². The summed E-state index contributed by atoms with van der Waals surface area (Å²) in [6, 6.07) is -3.43. The lowest BCUT2D eigenvalue weighted by Gasteiger charge is -2.27. The average Bonchev–Trinajstić information content (AvgIpc) is 2.55. The Morgan fingerprint density at radius 2 is 1.48 bits per heavy atom. The van der Waals surface area contributed by atoms with Gasteiger partial charge in [0.1, 0.15) is 12.1 Å². The van der Waals surface area contributed by atoms with Crippen molar-refractivity contribution in [1.29, 1.82) is 0 Å². The maximum Gasteiger partial charge on any atom is 0.328 e. The molecule has 144 valence electrons. The maximum absolute atomic E-state index is 12.4. The molecule has 10 nitrogen and oxygen atoms in total. The molecule has 0 aromatic heterocycles. The second kappa shape index (κ2) is 10.6. The second-order valence-corrected chi connectivity index (χ2v) is 5.93. The van der Waals surface area contributed by atoms with Gasteiger partial charge in [-0.2, -0.15) is 0 Å². The van der Waals surface area contributed by atoms with Crippen LogP contribution in [0.3, 0.4) is 0 Å². The van der Waals surface area contributed by atoms with Gasteiger partial charge in [0.25, 0.3) is 0 Å². The number of amides is 3. The molecule has 0 heterocycles. The van der Waals surface area contributed by atoms with Crippen molar-refractivity contribution in [2.75, 3.05) is 6.54 Å². The molecule has 0 aliphatic heterocycles. The van der Waals surface area contributed by atoms with E-state index in [-0.39, 0.29) is 12.5 Å². The first-order valence-corrected chi connectivity index (χ1v) is 8.06. The van der Waals surface area contributed by atoms with E-state index in [4.69, 9.17) is 10.8 Å². The van der Waals surface area contributed by atoms with Crippen LogP contribution in [0.25, 0.3) is 0 Å². The van der Waals surface area contributed by atoms with Gasteiger partial charge >= 0.3 is 5.97 Å². The quantitative estimate of drug-likeness (QED) is 0.260. The Labute approximate surface area is 146 Å². The number of aliphatic hydroxyl groups is 1. The molecule has 10 heteroatoms. The number of carbonyl (C=O) groups is 4. The number of aliphatic hydroxyl groups excluding tert-OH is 1. The zero-order valence-electron chi connectivity index (χ0n) is 14.9. The third-order valence-corrected chi connectivity index (χ3v) is 3.80. The molecule has 0 saturated heterocycles. The third kappa shape index (κ3) is 7.48. The highest BCUT2D eigenvalue weighted by Crippen LogP contribution is 2.09. The minimum atomic E-state index is -1.50. The minimum absolute atomic E-state index is 0.276. The van der Waals surface area contributed by atoms with Crippen LogP contribution in [-0.4, -0.2) is 64.7 Å². The van der Waals surface area contributed by atoms with Crippen LogP contribution in [0.15, 0.2) is 0 Å². The van der Waals surface area contributed by atoms with Crippen molar-refractivity contribution in [2.45, 2.75) is 58.3 Å². The molecule has 5 unspecified atom stereocenters. The molecule has 0 bridgehead atoms. The predicted octanol–water partition coefficient (Wildman–Crippen LogP) is -2.07. The first-order valence-electron chi connectivity index (χ1n) is 8.06. The zero-order chi connectivity index (χ0) is 19.7. The lowest BCUT2D eigenvalue weighted by molar-refractivity contribution is -0.145. The van der Waals surface area contributed by atoms with E-state index in [2.05, 4.69) is 16.0 Å². The van der Waals surface area contributed by atoms with Crippen molar-refractivity contribution in [2.24, 2.45) is 11.7 Å². The van der Waals surface area contributed by atoms with Crippen molar-refractivity contribution in [3.05, 3.63) is 0 Å². The van der Waals surface area contributed by atoms with Gasteiger partial charge in [0.05, 0.1) is 12.6 Å². The minimum Gasteiger partial charge on any atom is -0.480 e. The number of aliphatic carboxylic acids is 1. The van der Waals surface area contributed by atoms with Crippen molar-refractivity contribution in [3.63, 3.8) is 0 Å². The highest BCUT2D eigenvalue weighted by molar-refractivity contribution is 5.93. The van der Waals surface area contributed by atoms with Gasteiger partial charge in [0.2, 0.25) is 17.7 Å². The first-order chi connectivity index (χ1) is 11.5. The fraction of sp³-hybridized carbons (Fsp3) is 0.733. The summed E-state index contributed by atoms with van der Waals surface area (Å²) in [4.78, 5) is 46.9. The molecule has 0 rings (SSSR count). The maximum atomic E-state index is 12.4. The molecule has 0 radical (unpaired) electrons. The van der Waals surface area contributed by atoms with E-state index in [1.807, 2.05) is 0 Å². The highest BCUT2D eigenvalue weighted by atomic mass is 16.4. The number of hydrogen-bond acceptors (Lipinski definition) is 6. The molecular formula is C15H28N4O6. The van der Waals surface area contributed by atoms with Gasteiger partial charge in [0, 0.05) is 0 Å². The smallest absolute Gasteiger partial charge is 0.328 e. The summed E-state index contributed by atoms with van der Waals surface area (Å²) in [6.07, 6.45) is -0.772. The fourth-order valence-electron chi connectivity index (χ4n) is 1.98. The SMILES string of the molecule is CCC(C)C(NC(=O)C(C)NC(=O)CN)C(=O)NC(C(=O)O)C(C)O. The molecule has 5 atom stereocenters. The Balaban J connectivity index is 5.12. The number of carboxylic acids is 1. The Kier molecular flexibility index (Phi) is 9.69. The molecule has 0 spiro atoms. The summed E-state index contributed by atoms with van der Waals surface area (Å²) in [5.41, 5.74) is 5.16. The van der Waals surface area contributed by atoms with E-state index in [1.54, 1.807) is 13.8 Å². The summed E-state index contributed by atoms with van der Waals surface area (Å²) in [5, 5.41) is 25.6.